The maximum Gasteiger partial charge on any atom is 0.232 e. The zero-order valence-corrected chi connectivity index (χ0v) is 16.4. The number of nitrogens with zero attached hydrogens (tertiary/aromatic N) is 1. The fourth-order valence-corrected chi connectivity index (χ4v) is 3.82. The molecule has 1 heterocycles. The van der Waals surface area contributed by atoms with Gasteiger partial charge in [0, 0.05) is 18.2 Å². The van der Waals surface area contributed by atoms with Crippen molar-refractivity contribution in [1.82, 2.24) is 10.3 Å². The van der Waals surface area contributed by atoms with E-state index in [4.69, 9.17) is 9.15 Å². The number of hydrogen-bond donors (Lipinski definition) is 1. The van der Waals surface area contributed by atoms with Gasteiger partial charge in [0.05, 0.1) is 5.69 Å². The van der Waals surface area contributed by atoms with Gasteiger partial charge in [0.15, 0.2) is 6.61 Å². The van der Waals surface area contributed by atoms with Gasteiger partial charge in [-0.2, -0.15) is 0 Å². The van der Waals surface area contributed by atoms with E-state index in [0.29, 0.717) is 18.5 Å². The lowest BCUT2D eigenvalue weighted by Crippen LogP contribution is -2.28. The summed E-state index contributed by atoms with van der Waals surface area (Å²) in [7, 11) is 0. The number of nitrogens with one attached hydrogen (secondary N) is 1. The summed E-state index contributed by atoms with van der Waals surface area (Å²) < 4.78 is 11.6. The normalized spacial score (nSPS) is 16.6. The molecule has 1 N–H and O–H groups in total. The van der Waals surface area contributed by atoms with E-state index in [2.05, 4.69) is 29.4 Å². The van der Waals surface area contributed by atoms with Crippen LogP contribution in [0.4, 0.5) is 0 Å². The van der Waals surface area contributed by atoms with Crippen molar-refractivity contribution in [3.8, 4) is 5.75 Å². The summed E-state index contributed by atoms with van der Waals surface area (Å²) in [6, 6.07) is 8.75. The molecule has 0 saturated heterocycles. The van der Waals surface area contributed by atoms with Crippen molar-refractivity contribution in [2.45, 2.75) is 78.5 Å². The Balaban J connectivity index is 1.51. The van der Waals surface area contributed by atoms with Gasteiger partial charge in [0.25, 0.3) is 0 Å². The first kappa shape index (κ1) is 19.0. The van der Waals surface area contributed by atoms with Crippen molar-refractivity contribution in [3.05, 3.63) is 47.2 Å². The molecule has 0 amide bonds. The number of oxazole rings is 1. The topological polar surface area (TPSA) is 47.3 Å². The molecule has 1 unspecified atom stereocenters. The minimum atomic E-state index is 0.364. The summed E-state index contributed by atoms with van der Waals surface area (Å²) in [6.45, 7) is 7.37. The van der Waals surface area contributed by atoms with Gasteiger partial charge < -0.3 is 14.5 Å². The van der Waals surface area contributed by atoms with Gasteiger partial charge >= 0.3 is 0 Å². The van der Waals surface area contributed by atoms with Crippen LogP contribution in [-0.4, -0.2) is 11.0 Å². The molecule has 0 radical (unpaired) electrons. The molecule has 4 heteroatoms. The Bertz CT molecular complexity index is 670. The molecular formula is C22H32N2O2. The van der Waals surface area contributed by atoms with Crippen LogP contribution < -0.4 is 10.1 Å². The number of aryl methyl sites for hydroxylation is 2. The Kier molecular flexibility index (Phi) is 6.73. The predicted molar refractivity (Wildman–Crippen MR) is 104 cm³/mol. The van der Waals surface area contributed by atoms with E-state index in [1.54, 1.807) is 0 Å². The summed E-state index contributed by atoms with van der Waals surface area (Å²) in [4.78, 5) is 4.39. The minimum absolute atomic E-state index is 0.364. The van der Waals surface area contributed by atoms with Gasteiger partial charge in [0.1, 0.15) is 11.5 Å². The largest absolute Gasteiger partial charge is 0.484 e. The lowest BCUT2D eigenvalue weighted by molar-refractivity contribution is 0.256. The molecule has 1 fully saturated rings. The fourth-order valence-electron chi connectivity index (χ4n) is 3.82. The SMILES string of the molecule is Cc1nc(COc2ccccc2CNC(C)CC2CCCCC2)oc1C. The van der Waals surface area contributed by atoms with Gasteiger partial charge in [0.2, 0.25) is 5.89 Å². The first-order chi connectivity index (χ1) is 12.6. The molecule has 142 valence electrons. The van der Waals surface area contributed by atoms with Crippen LogP contribution in [0.5, 0.6) is 5.75 Å². The standard InChI is InChI=1S/C22H32N2O2/c1-16(13-19-9-5-4-6-10-19)23-14-20-11-7-8-12-21(20)25-15-22-24-17(2)18(3)26-22/h7-8,11-12,16,19,23H,4-6,9-10,13-15H2,1-3H3. The highest BCUT2D eigenvalue weighted by Gasteiger charge is 2.16. The van der Waals surface area contributed by atoms with Crippen molar-refractivity contribution >= 4 is 0 Å². The zero-order valence-electron chi connectivity index (χ0n) is 16.4. The number of para-hydroxylation sites is 1. The van der Waals surface area contributed by atoms with Crippen molar-refractivity contribution in [3.63, 3.8) is 0 Å². The summed E-state index contributed by atoms with van der Waals surface area (Å²) >= 11 is 0. The molecule has 0 bridgehead atoms. The van der Waals surface area contributed by atoms with Crippen LogP contribution in [0.25, 0.3) is 0 Å². The Morgan fingerprint density at radius 3 is 2.69 bits per heavy atom. The van der Waals surface area contributed by atoms with Crippen molar-refractivity contribution in [1.29, 1.82) is 0 Å². The van der Waals surface area contributed by atoms with Crippen LogP contribution in [0.3, 0.4) is 0 Å². The highest BCUT2D eigenvalue weighted by Crippen LogP contribution is 2.27. The lowest BCUT2D eigenvalue weighted by atomic mass is 9.85. The van der Waals surface area contributed by atoms with E-state index in [0.717, 1.165) is 29.7 Å². The van der Waals surface area contributed by atoms with E-state index >= 15 is 0 Å². The van der Waals surface area contributed by atoms with Gasteiger partial charge in [-0.05, 0) is 39.2 Å². The predicted octanol–water partition coefficient (Wildman–Crippen LogP) is 5.32. The molecule has 2 aromatic rings. The first-order valence-corrected chi connectivity index (χ1v) is 9.99. The third kappa shape index (κ3) is 5.34. The maximum atomic E-state index is 5.98. The quantitative estimate of drug-likeness (QED) is 0.695. The van der Waals surface area contributed by atoms with Crippen molar-refractivity contribution in [2.75, 3.05) is 0 Å². The minimum Gasteiger partial charge on any atom is -0.484 e. The van der Waals surface area contributed by atoms with E-state index in [-0.39, 0.29) is 0 Å². The number of hydrogen-bond acceptors (Lipinski definition) is 4. The lowest BCUT2D eigenvalue weighted by Gasteiger charge is -2.25. The van der Waals surface area contributed by atoms with Gasteiger partial charge in [-0.3, -0.25) is 0 Å². The molecule has 1 atom stereocenters. The zero-order chi connectivity index (χ0) is 18.4. The van der Waals surface area contributed by atoms with Crippen molar-refractivity contribution in [2.24, 2.45) is 5.92 Å². The molecule has 1 aliphatic carbocycles. The highest BCUT2D eigenvalue weighted by atomic mass is 16.5. The van der Waals surface area contributed by atoms with E-state index < -0.39 is 0 Å². The summed E-state index contributed by atoms with van der Waals surface area (Å²) in [5, 5.41) is 3.68. The monoisotopic (exact) mass is 356 g/mol. The van der Waals surface area contributed by atoms with Crippen LogP contribution >= 0.6 is 0 Å². The maximum absolute atomic E-state index is 5.98. The van der Waals surface area contributed by atoms with Crippen LogP contribution in [-0.2, 0) is 13.2 Å². The van der Waals surface area contributed by atoms with Gasteiger partial charge in [-0.15, -0.1) is 0 Å². The molecule has 1 saturated carbocycles. The number of aromatic nitrogens is 1. The third-order valence-electron chi connectivity index (χ3n) is 5.45. The van der Waals surface area contributed by atoms with Crippen LogP contribution in [0, 0.1) is 19.8 Å². The number of rotatable bonds is 8. The number of ether oxygens (including phenoxy) is 1. The molecule has 0 aliphatic heterocycles. The van der Waals surface area contributed by atoms with Crippen molar-refractivity contribution < 1.29 is 9.15 Å². The van der Waals surface area contributed by atoms with Crippen LogP contribution in [0.15, 0.2) is 28.7 Å². The molecule has 1 aliphatic rings. The average Bonchev–Trinajstić information content (AvgIpc) is 2.97. The highest BCUT2D eigenvalue weighted by molar-refractivity contribution is 5.33. The van der Waals surface area contributed by atoms with E-state index in [1.807, 2.05) is 26.0 Å². The van der Waals surface area contributed by atoms with E-state index in [9.17, 15) is 0 Å². The van der Waals surface area contributed by atoms with Crippen LogP contribution in [0.2, 0.25) is 0 Å². The number of benzene rings is 1. The Labute approximate surface area is 157 Å². The third-order valence-corrected chi connectivity index (χ3v) is 5.45. The van der Waals surface area contributed by atoms with Crippen LogP contribution in [0.1, 0.15) is 68.4 Å². The smallest absolute Gasteiger partial charge is 0.232 e. The Morgan fingerprint density at radius 1 is 1.19 bits per heavy atom. The second-order valence-corrected chi connectivity index (χ2v) is 7.67. The fraction of sp³-hybridized carbons (Fsp3) is 0.591. The molecule has 1 aromatic heterocycles. The molecule has 1 aromatic carbocycles. The molecule has 0 spiro atoms. The summed E-state index contributed by atoms with van der Waals surface area (Å²) in [5.41, 5.74) is 2.11. The first-order valence-electron chi connectivity index (χ1n) is 9.99. The Hall–Kier alpha value is -1.81. The average molecular weight is 357 g/mol. The molecule has 4 nitrogen and oxygen atoms in total. The summed E-state index contributed by atoms with van der Waals surface area (Å²) in [5.74, 6) is 3.29. The molecule has 26 heavy (non-hydrogen) atoms. The summed E-state index contributed by atoms with van der Waals surface area (Å²) in [6.07, 6.45) is 8.33. The van der Waals surface area contributed by atoms with Gasteiger partial charge in [-0.1, -0.05) is 50.3 Å². The van der Waals surface area contributed by atoms with E-state index in [1.165, 1.54) is 44.1 Å². The second kappa shape index (κ2) is 9.22. The van der Waals surface area contributed by atoms with Gasteiger partial charge in [-0.25, -0.2) is 4.98 Å². The Morgan fingerprint density at radius 2 is 1.96 bits per heavy atom. The molecular weight excluding hydrogens is 324 g/mol. The molecule has 3 rings (SSSR count). The second-order valence-electron chi connectivity index (χ2n) is 7.67.